The van der Waals surface area contributed by atoms with E-state index in [4.69, 9.17) is 0 Å². The maximum Gasteiger partial charge on any atom is 0.133 e. The fourth-order valence-corrected chi connectivity index (χ4v) is 3.49. The first-order chi connectivity index (χ1) is 10.4. The topological polar surface area (TPSA) is 44.3 Å². The van der Waals surface area contributed by atoms with Crippen molar-refractivity contribution in [3.05, 3.63) is 51.7 Å². The fourth-order valence-electron chi connectivity index (χ4n) is 2.84. The van der Waals surface area contributed by atoms with Crippen LogP contribution in [0, 0.1) is 11.6 Å². The quantitative estimate of drug-likeness (QED) is 0.810. The fraction of sp³-hybridized carbons (Fsp3) is 0.375. The predicted octanol–water partition coefficient (Wildman–Crippen LogP) is 3.42. The monoisotopic (exact) mass is 324 g/mol. The summed E-state index contributed by atoms with van der Waals surface area (Å²) in [6.07, 6.45) is -0.847. The van der Waals surface area contributed by atoms with Crippen LogP contribution in [0.4, 0.5) is 14.5 Å². The van der Waals surface area contributed by atoms with Gasteiger partial charge in [0.2, 0.25) is 0 Å². The summed E-state index contributed by atoms with van der Waals surface area (Å²) in [4.78, 5) is 1.09. The molecule has 6 heteroatoms. The van der Waals surface area contributed by atoms with Crippen LogP contribution in [0.5, 0.6) is 0 Å². The number of benzene rings is 1. The van der Waals surface area contributed by atoms with Crippen LogP contribution in [0.2, 0.25) is 0 Å². The first kappa shape index (κ1) is 15.4. The van der Waals surface area contributed by atoms with E-state index in [0.717, 1.165) is 10.9 Å². The zero-order chi connectivity index (χ0) is 15.9. The van der Waals surface area contributed by atoms with Crippen LogP contribution in [-0.2, 0) is 6.54 Å². The lowest BCUT2D eigenvalue weighted by Gasteiger charge is -2.43. The van der Waals surface area contributed by atoms with Crippen molar-refractivity contribution >= 4 is 17.0 Å². The van der Waals surface area contributed by atoms with Crippen molar-refractivity contribution in [1.29, 1.82) is 0 Å². The number of aliphatic hydroxyl groups is 1. The number of hydrogen-bond acceptors (Lipinski definition) is 4. The summed E-state index contributed by atoms with van der Waals surface area (Å²) in [6.45, 7) is 4.14. The second-order valence-corrected chi connectivity index (χ2v) is 7.11. The number of nitrogens with one attached hydrogen (secondary N) is 2. The molecule has 118 valence electrons. The van der Waals surface area contributed by atoms with Crippen molar-refractivity contribution in [3.8, 4) is 0 Å². The Morgan fingerprint density at radius 1 is 1.36 bits per heavy atom. The third-order valence-electron chi connectivity index (χ3n) is 3.99. The highest BCUT2D eigenvalue weighted by Gasteiger charge is 2.42. The number of rotatable bonds is 3. The summed E-state index contributed by atoms with van der Waals surface area (Å²) >= 11 is 1.59. The SMILES string of the molecule is CC1(C)Nc2cc(F)cc(F)c2C(NCc2cccs2)C1O. The standard InChI is InChI=1S/C16H18F2N2OS/c1-16(2)15(21)14(19-8-10-4-3-5-22-10)13-11(18)6-9(17)7-12(13)20-16/h3-7,14-15,19-21H,8H2,1-2H3. The van der Waals surface area contributed by atoms with Gasteiger partial charge >= 0.3 is 0 Å². The minimum atomic E-state index is -0.847. The van der Waals surface area contributed by atoms with E-state index in [2.05, 4.69) is 10.6 Å². The molecule has 2 unspecified atom stereocenters. The first-order valence-corrected chi connectivity index (χ1v) is 7.97. The molecule has 0 saturated heterocycles. The Morgan fingerprint density at radius 3 is 2.82 bits per heavy atom. The molecule has 22 heavy (non-hydrogen) atoms. The minimum Gasteiger partial charge on any atom is -0.389 e. The van der Waals surface area contributed by atoms with Crippen LogP contribution in [0.15, 0.2) is 29.6 Å². The Morgan fingerprint density at radius 2 is 2.14 bits per heavy atom. The summed E-state index contributed by atoms with van der Waals surface area (Å²) in [5.41, 5.74) is -0.0263. The molecule has 1 aliphatic rings. The van der Waals surface area contributed by atoms with Crippen LogP contribution < -0.4 is 10.6 Å². The van der Waals surface area contributed by atoms with Crippen LogP contribution >= 0.6 is 11.3 Å². The maximum atomic E-state index is 14.2. The molecule has 3 rings (SSSR count). The Labute approximate surface area is 132 Å². The van der Waals surface area contributed by atoms with Crippen LogP contribution in [0.1, 0.15) is 30.3 Å². The van der Waals surface area contributed by atoms with Gasteiger partial charge in [0.15, 0.2) is 0 Å². The van der Waals surface area contributed by atoms with E-state index < -0.39 is 29.3 Å². The van der Waals surface area contributed by atoms with E-state index in [0.29, 0.717) is 12.2 Å². The number of fused-ring (bicyclic) bond motifs is 1. The van der Waals surface area contributed by atoms with Crippen molar-refractivity contribution in [2.75, 3.05) is 5.32 Å². The average molecular weight is 324 g/mol. The second kappa shape index (κ2) is 5.61. The molecular formula is C16H18F2N2OS. The molecule has 0 fully saturated rings. The third kappa shape index (κ3) is 2.74. The van der Waals surface area contributed by atoms with E-state index in [1.807, 2.05) is 31.4 Å². The number of anilines is 1. The molecule has 0 saturated carbocycles. The van der Waals surface area contributed by atoms with Crippen molar-refractivity contribution in [2.24, 2.45) is 0 Å². The lowest BCUT2D eigenvalue weighted by atomic mass is 9.82. The molecule has 2 atom stereocenters. The number of thiophene rings is 1. The van der Waals surface area contributed by atoms with Gasteiger partial charge in [-0.3, -0.25) is 0 Å². The smallest absolute Gasteiger partial charge is 0.133 e. The maximum absolute atomic E-state index is 14.2. The summed E-state index contributed by atoms with van der Waals surface area (Å²) in [5.74, 6) is -1.28. The Hall–Kier alpha value is -1.50. The Kier molecular flexibility index (Phi) is 3.92. The number of hydrogen-bond donors (Lipinski definition) is 3. The van der Waals surface area contributed by atoms with E-state index in [9.17, 15) is 13.9 Å². The van der Waals surface area contributed by atoms with Crippen molar-refractivity contribution in [2.45, 2.75) is 38.1 Å². The molecule has 1 aliphatic heterocycles. The van der Waals surface area contributed by atoms with Gasteiger partial charge in [0.25, 0.3) is 0 Å². The van der Waals surface area contributed by atoms with Gasteiger partial charge in [-0.05, 0) is 31.4 Å². The lowest BCUT2D eigenvalue weighted by Crippen LogP contribution is -2.54. The van der Waals surface area contributed by atoms with Gasteiger partial charge in [-0.1, -0.05) is 6.07 Å². The van der Waals surface area contributed by atoms with Gasteiger partial charge in [-0.25, -0.2) is 8.78 Å². The lowest BCUT2D eigenvalue weighted by molar-refractivity contribution is 0.0663. The zero-order valence-corrected chi connectivity index (χ0v) is 13.2. The van der Waals surface area contributed by atoms with Crippen LogP contribution in [-0.4, -0.2) is 16.7 Å². The van der Waals surface area contributed by atoms with Gasteiger partial charge < -0.3 is 15.7 Å². The molecule has 1 aromatic carbocycles. The van der Waals surface area contributed by atoms with Crippen molar-refractivity contribution in [3.63, 3.8) is 0 Å². The largest absolute Gasteiger partial charge is 0.389 e. The van der Waals surface area contributed by atoms with Crippen molar-refractivity contribution in [1.82, 2.24) is 5.32 Å². The molecule has 3 nitrogen and oxygen atoms in total. The molecule has 2 aromatic rings. The van der Waals surface area contributed by atoms with Gasteiger partial charge in [0.1, 0.15) is 11.6 Å². The minimum absolute atomic E-state index is 0.282. The highest BCUT2D eigenvalue weighted by atomic mass is 32.1. The van der Waals surface area contributed by atoms with Gasteiger partial charge in [0, 0.05) is 28.7 Å². The summed E-state index contributed by atoms with van der Waals surface area (Å²) in [6, 6.07) is 5.43. The molecule has 0 amide bonds. The zero-order valence-electron chi connectivity index (χ0n) is 12.4. The normalized spacial score (nSPS) is 23.0. The molecule has 1 aromatic heterocycles. The van der Waals surface area contributed by atoms with E-state index in [1.165, 1.54) is 6.07 Å². The van der Waals surface area contributed by atoms with Crippen molar-refractivity contribution < 1.29 is 13.9 Å². The summed E-state index contributed by atoms with van der Waals surface area (Å²) < 4.78 is 27.7. The number of aliphatic hydroxyl groups excluding tert-OH is 1. The Bertz CT molecular complexity index is 673. The third-order valence-corrected chi connectivity index (χ3v) is 4.87. The van der Waals surface area contributed by atoms with Gasteiger partial charge in [-0.2, -0.15) is 0 Å². The predicted molar refractivity (Wildman–Crippen MR) is 84.0 cm³/mol. The molecule has 0 aliphatic carbocycles. The summed E-state index contributed by atoms with van der Waals surface area (Å²) in [5, 5.41) is 18.8. The highest BCUT2D eigenvalue weighted by molar-refractivity contribution is 7.09. The van der Waals surface area contributed by atoms with E-state index >= 15 is 0 Å². The average Bonchev–Trinajstić information content (AvgIpc) is 2.92. The van der Waals surface area contributed by atoms with Crippen LogP contribution in [0.3, 0.4) is 0 Å². The molecular weight excluding hydrogens is 306 g/mol. The van der Waals surface area contributed by atoms with Gasteiger partial charge in [-0.15, -0.1) is 11.3 Å². The molecule has 0 bridgehead atoms. The molecule has 3 N–H and O–H groups in total. The Balaban J connectivity index is 1.96. The second-order valence-electron chi connectivity index (χ2n) is 6.08. The van der Waals surface area contributed by atoms with E-state index in [-0.39, 0.29) is 5.56 Å². The molecule has 0 radical (unpaired) electrons. The summed E-state index contributed by atoms with van der Waals surface area (Å²) in [7, 11) is 0. The first-order valence-electron chi connectivity index (χ1n) is 7.09. The number of halogens is 2. The van der Waals surface area contributed by atoms with Crippen LogP contribution in [0.25, 0.3) is 0 Å². The molecule has 2 heterocycles. The van der Waals surface area contributed by atoms with E-state index in [1.54, 1.807) is 11.3 Å². The highest BCUT2D eigenvalue weighted by Crippen LogP contribution is 2.39. The van der Waals surface area contributed by atoms with Gasteiger partial charge in [0.05, 0.1) is 17.7 Å². The molecule has 0 spiro atoms.